The van der Waals surface area contributed by atoms with Crippen LogP contribution >= 0.6 is 11.6 Å². The predicted molar refractivity (Wildman–Crippen MR) is 72.0 cm³/mol. The van der Waals surface area contributed by atoms with Gasteiger partial charge >= 0.3 is 0 Å². The molecular formula is C12H18ClN3O2. The average molecular weight is 272 g/mol. The Bertz CT molecular complexity index is 406. The zero-order valence-corrected chi connectivity index (χ0v) is 11.4. The molecule has 0 aliphatic rings. The van der Waals surface area contributed by atoms with Crippen LogP contribution in [0, 0.1) is 10.1 Å². The maximum atomic E-state index is 11.0. The van der Waals surface area contributed by atoms with E-state index in [2.05, 4.69) is 17.2 Å². The van der Waals surface area contributed by atoms with E-state index in [0.29, 0.717) is 17.1 Å². The Kier molecular flexibility index (Phi) is 6.01. The van der Waals surface area contributed by atoms with E-state index in [1.54, 1.807) is 0 Å². The van der Waals surface area contributed by atoms with Crippen LogP contribution in [0.5, 0.6) is 0 Å². The molecule has 0 fully saturated rings. The van der Waals surface area contributed by atoms with Crippen molar-refractivity contribution >= 4 is 17.3 Å². The van der Waals surface area contributed by atoms with Crippen LogP contribution in [0.2, 0.25) is 5.02 Å². The third-order valence-corrected chi connectivity index (χ3v) is 2.89. The molecule has 1 unspecified atom stereocenters. The number of nitrogens with zero attached hydrogens (tertiary/aromatic N) is 2. The first-order valence-electron chi connectivity index (χ1n) is 6.10. The normalized spacial score (nSPS) is 12.4. The lowest BCUT2D eigenvalue weighted by atomic mass is 10.0. The molecule has 0 aliphatic heterocycles. The number of halogens is 1. The molecule has 0 spiro atoms. The van der Waals surface area contributed by atoms with Gasteiger partial charge in [-0.3, -0.25) is 15.1 Å². The fourth-order valence-electron chi connectivity index (χ4n) is 1.92. The standard InChI is InChI=1S/C12H18ClN3O2/c1-3-5-10(14-4-2)7-11-12(16(17)18)6-9(13)8-15-11/h6,8,10,14H,3-5,7H2,1-2H3. The summed E-state index contributed by atoms with van der Waals surface area (Å²) in [5.41, 5.74) is 0.491. The molecule has 100 valence electrons. The number of hydrogen-bond donors (Lipinski definition) is 1. The highest BCUT2D eigenvalue weighted by Crippen LogP contribution is 2.22. The molecule has 0 aliphatic carbocycles. The monoisotopic (exact) mass is 271 g/mol. The minimum Gasteiger partial charge on any atom is -0.314 e. The fraction of sp³-hybridized carbons (Fsp3) is 0.583. The second-order valence-electron chi connectivity index (χ2n) is 4.12. The maximum Gasteiger partial charge on any atom is 0.292 e. The summed E-state index contributed by atoms with van der Waals surface area (Å²) in [5.74, 6) is 0. The summed E-state index contributed by atoms with van der Waals surface area (Å²) < 4.78 is 0. The van der Waals surface area contributed by atoms with Gasteiger partial charge in [0, 0.05) is 24.7 Å². The molecule has 0 saturated carbocycles. The van der Waals surface area contributed by atoms with E-state index in [0.717, 1.165) is 19.4 Å². The molecule has 1 aromatic rings. The van der Waals surface area contributed by atoms with Gasteiger partial charge in [0.2, 0.25) is 0 Å². The van der Waals surface area contributed by atoms with Crippen LogP contribution in [0.4, 0.5) is 5.69 Å². The van der Waals surface area contributed by atoms with Gasteiger partial charge in [-0.1, -0.05) is 31.9 Å². The molecule has 1 heterocycles. The van der Waals surface area contributed by atoms with Gasteiger partial charge in [0.05, 0.1) is 9.95 Å². The van der Waals surface area contributed by atoms with E-state index in [4.69, 9.17) is 11.6 Å². The smallest absolute Gasteiger partial charge is 0.292 e. The number of rotatable bonds is 7. The largest absolute Gasteiger partial charge is 0.314 e. The van der Waals surface area contributed by atoms with E-state index in [1.807, 2.05) is 6.92 Å². The van der Waals surface area contributed by atoms with Crippen LogP contribution in [0.25, 0.3) is 0 Å². The number of nitro groups is 1. The topological polar surface area (TPSA) is 68.1 Å². The van der Waals surface area contributed by atoms with Crippen molar-refractivity contribution in [3.8, 4) is 0 Å². The van der Waals surface area contributed by atoms with Crippen molar-refractivity contribution in [3.05, 3.63) is 33.1 Å². The summed E-state index contributed by atoms with van der Waals surface area (Å²) in [6, 6.07) is 1.58. The molecule has 6 heteroatoms. The first-order valence-corrected chi connectivity index (χ1v) is 6.48. The van der Waals surface area contributed by atoms with E-state index in [9.17, 15) is 10.1 Å². The molecular weight excluding hydrogens is 254 g/mol. The second-order valence-corrected chi connectivity index (χ2v) is 4.56. The molecule has 0 amide bonds. The van der Waals surface area contributed by atoms with Gasteiger partial charge in [-0.25, -0.2) is 0 Å². The van der Waals surface area contributed by atoms with E-state index >= 15 is 0 Å². The van der Waals surface area contributed by atoms with Crippen molar-refractivity contribution in [2.75, 3.05) is 6.54 Å². The summed E-state index contributed by atoms with van der Waals surface area (Å²) in [6.45, 7) is 4.95. The van der Waals surface area contributed by atoms with Gasteiger partial charge in [0.25, 0.3) is 5.69 Å². The van der Waals surface area contributed by atoms with Crippen LogP contribution in [-0.4, -0.2) is 22.5 Å². The summed E-state index contributed by atoms with van der Waals surface area (Å²) in [7, 11) is 0. The van der Waals surface area contributed by atoms with E-state index < -0.39 is 4.92 Å². The summed E-state index contributed by atoms with van der Waals surface area (Å²) in [5, 5.41) is 14.6. The van der Waals surface area contributed by atoms with Crippen molar-refractivity contribution < 1.29 is 4.92 Å². The first-order chi connectivity index (χ1) is 8.58. The van der Waals surface area contributed by atoms with Crippen molar-refractivity contribution in [2.24, 2.45) is 0 Å². The van der Waals surface area contributed by atoms with Crippen LogP contribution in [0.15, 0.2) is 12.3 Å². The van der Waals surface area contributed by atoms with Crippen LogP contribution in [0.3, 0.4) is 0 Å². The van der Waals surface area contributed by atoms with Gasteiger partial charge < -0.3 is 5.32 Å². The highest BCUT2D eigenvalue weighted by Gasteiger charge is 2.19. The summed E-state index contributed by atoms with van der Waals surface area (Å²) in [4.78, 5) is 14.6. The number of aromatic nitrogens is 1. The van der Waals surface area contributed by atoms with Crippen LogP contribution in [-0.2, 0) is 6.42 Å². The molecule has 5 nitrogen and oxygen atoms in total. The van der Waals surface area contributed by atoms with Gasteiger partial charge in [-0.15, -0.1) is 0 Å². The molecule has 0 aromatic carbocycles. The lowest BCUT2D eigenvalue weighted by Crippen LogP contribution is -2.31. The fourth-order valence-corrected chi connectivity index (χ4v) is 2.07. The molecule has 1 aromatic heterocycles. The highest BCUT2D eigenvalue weighted by molar-refractivity contribution is 6.30. The number of pyridine rings is 1. The summed E-state index contributed by atoms with van der Waals surface area (Å²) >= 11 is 5.74. The molecule has 0 saturated heterocycles. The number of likely N-dealkylation sites (N-methyl/N-ethyl adjacent to an activating group) is 1. The quantitative estimate of drug-likeness (QED) is 0.611. The Labute approximate surface area is 112 Å². The molecule has 1 rings (SSSR count). The number of hydrogen-bond acceptors (Lipinski definition) is 4. The lowest BCUT2D eigenvalue weighted by Gasteiger charge is -2.16. The van der Waals surface area contributed by atoms with Crippen molar-refractivity contribution in [3.63, 3.8) is 0 Å². The minimum atomic E-state index is -0.427. The maximum absolute atomic E-state index is 11.0. The van der Waals surface area contributed by atoms with E-state index in [-0.39, 0.29) is 11.7 Å². The number of nitrogens with one attached hydrogen (secondary N) is 1. The van der Waals surface area contributed by atoms with Gasteiger partial charge in [0.15, 0.2) is 0 Å². The zero-order valence-electron chi connectivity index (χ0n) is 10.6. The zero-order chi connectivity index (χ0) is 13.5. The van der Waals surface area contributed by atoms with Crippen LogP contribution in [0.1, 0.15) is 32.4 Å². The van der Waals surface area contributed by atoms with Gasteiger partial charge in [0.1, 0.15) is 5.69 Å². The molecule has 0 radical (unpaired) electrons. The SMILES string of the molecule is CCCC(Cc1ncc(Cl)cc1[N+](=O)[O-])NCC. The second kappa shape index (κ2) is 7.28. The molecule has 1 atom stereocenters. The average Bonchev–Trinajstić information content (AvgIpc) is 2.32. The summed E-state index contributed by atoms with van der Waals surface area (Å²) in [6.07, 6.45) is 4.00. The first kappa shape index (κ1) is 14.9. The Morgan fingerprint density at radius 2 is 2.28 bits per heavy atom. The van der Waals surface area contributed by atoms with Gasteiger partial charge in [-0.2, -0.15) is 0 Å². The molecule has 1 N–H and O–H groups in total. The third-order valence-electron chi connectivity index (χ3n) is 2.68. The van der Waals surface area contributed by atoms with E-state index in [1.165, 1.54) is 12.3 Å². The Morgan fingerprint density at radius 3 is 2.83 bits per heavy atom. The van der Waals surface area contributed by atoms with Crippen LogP contribution < -0.4 is 5.32 Å². The Balaban J connectivity index is 2.90. The van der Waals surface area contributed by atoms with Crippen molar-refractivity contribution in [1.29, 1.82) is 0 Å². The van der Waals surface area contributed by atoms with Crippen molar-refractivity contribution in [1.82, 2.24) is 10.3 Å². The predicted octanol–water partition coefficient (Wildman–Crippen LogP) is 2.96. The Hall–Kier alpha value is -1.20. The third kappa shape index (κ3) is 4.23. The Morgan fingerprint density at radius 1 is 1.56 bits per heavy atom. The van der Waals surface area contributed by atoms with Crippen molar-refractivity contribution in [2.45, 2.75) is 39.2 Å². The highest BCUT2D eigenvalue weighted by atomic mass is 35.5. The van der Waals surface area contributed by atoms with Gasteiger partial charge in [-0.05, 0) is 13.0 Å². The lowest BCUT2D eigenvalue weighted by molar-refractivity contribution is -0.386. The molecule has 0 bridgehead atoms. The minimum absolute atomic E-state index is 0.00139. The molecule has 18 heavy (non-hydrogen) atoms.